The summed E-state index contributed by atoms with van der Waals surface area (Å²) >= 11 is 0. The summed E-state index contributed by atoms with van der Waals surface area (Å²) in [6.07, 6.45) is 3.95. The van der Waals surface area contributed by atoms with E-state index in [1.165, 1.54) is 25.8 Å². The standard InChI is InChI=1S/C15H30N2O/c1-14(2)11-13-12(15(3,4)16-14)7-6-8-17(13)9-10-18-5/h12-13,16H,6-11H2,1-5H3. The number of likely N-dealkylation sites (tertiary alicyclic amines) is 1. The Morgan fingerprint density at radius 3 is 2.67 bits per heavy atom. The molecule has 2 atom stereocenters. The SMILES string of the molecule is COCCN1CCCC2C1CC(C)(C)NC2(C)C. The lowest BCUT2D eigenvalue weighted by Gasteiger charge is -2.57. The van der Waals surface area contributed by atoms with Crippen LogP contribution in [0.3, 0.4) is 0 Å². The van der Waals surface area contributed by atoms with Crippen molar-refractivity contribution >= 4 is 0 Å². The molecule has 0 spiro atoms. The highest BCUT2D eigenvalue weighted by atomic mass is 16.5. The topological polar surface area (TPSA) is 24.5 Å². The lowest BCUT2D eigenvalue weighted by molar-refractivity contribution is -0.0304. The quantitative estimate of drug-likeness (QED) is 0.836. The van der Waals surface area contributed by atoms with Gasteiger partial charge in [-0.05, 0) is 59.4 Å². The number of ether oxygens (including phenoxy) is 1. The van der Waals surface area contributed by atoms with E-state index in [9.17, 15) is 0 Å². The summed E-state index contributed by atoms with van der Waals surface area (Å²) in [7, 11) is 1.80. The van der Waals surface area contributed by atoms with E-state index in [0.717, 1.165) is 25.1 Å². The third-order valence-electron chi connectivity index (χ3n) is 4.78. The Balaban J connectivity index is 2.14. The minimum Gasteiger partial charge on any atom is -0.383 e. The van der Waals surface area contributed by atoms with Crippen molar-refractivity contribution in [2.45, 2.75) is 64.1 Å². The van der Waals surface area contributed by atoms with Crippen molar-refractivity contribution in [3.05, 3.63) is 0 Å². The molecule has 2 heterocycles. The number of methoxy groups -OCH3 is 1. The van der Waals surface area contributed by atoms with Crippen LogP contribution in [-0.4, -0.2) is 48.8 Å². The molecule has 0 saturated carbocycles. The van der Waals surface area contributed by atoms with Crippen LogP contribution in [0, 0.1) is 5.92 Å². The Bertz CT molecular complexity index is 288. The van der Waals surface area contributed by atoms with Crippen LogP contribution in [0.4, 0.5) is 0 Å². The van der Waals surface area contributed by atoms with Gasteiger partial charge in [-0.1, -0.05) is 0 Å². The second kappa shape index (κ2) is 5.10. The van der Waals surface area contributed by atoms with E-state index in [2.05, 4.69) is 37.9 Å². The van der Waals surface area contributed by atoms with Crippen LogP contribution >= 0.6 is 0 Å². The third kappa shape index (κ3) is 2.89. The van der Waals surface area contributed by atoms with Gasteiger partial charge in [0.1, 0.15) is 0 Å². The van der Waals surface area contributed by atoms with E-state index in [0.29, 0.717) is 0 Å². The van der Waals surface area contributed by atoms with Gasteiger partial charge in [0.05, 0.1) is 6.61 Å². The zero-order chi connectivity index (χ0) is 13.4. The Morgan fingerprint density at radius 2 is 2.00 bits per heavy atom. The van der Waals surface area contributed by atoms with Crippen molar-refractivity contribution in [3.8, 4) is 0 Å². The number of rotatable bonds is 3. The Labute approximate surface area is 112 Å². The molecule has 106 valence electrons. The first kappa shape index (κ1) is 14.3. The average Bonchev–Trinajstić information content (AvgIpc) is 2.24. The van der Waals surface area contributed by atoms with Crippen LogP contribution in [0.5, 0.6) is 0 Å². The van der Waals surface area contributed by atoms with Gasteiger partial charge in [0, 0.05) is 30.8 Å². The van der Waals surface area contributed by atoms with Gasteiger partial charge < -0.3 is 10.1 Å². The van der Waals surface area contributed by atoms with E-state index in [1.807, 2.05) is 0 Å². The first-order chi connectivity index (χ1) is 8.36. The van der Waals surface area contributed by atoms with Gasteiger partial charge in [-0.3, -0.25) is 4.90 Å². The Kier molecular flexibility index (Phi) is 4.05. The van der Waals surface area contributed by atoms with Gasteiger partial charge in [0.25, 0.3) is 0 Å². The van der Waals surface area contributed by atoms with Crippen molar-refractivity contribution in [1.29, 1.82) is 0 Å². The summed E-state index contributed by atoms with van der Waals surface area (Å²) in [5.41, 5.74) is 0.492. The molecule has 2 saturated heterocycles. The van der Waals surface area contributed by atoms with Gasteiger partial charge in [0.15, 0.2) is 0 Å². The van der Waals surface area contributed by atoms with Gasteiger partial charge in [-0.25, -0.2) is 0 Å². The smallest absolute Gasteiger partial charge is 0.0589 e. The second-order valence-corrected chi connectivity index (χ2v) is 7.28. The maximum atomic E-state index is 5.27. The van der Waals surface area contributed by atoms with Crippen molar-refractivity contribution in [3.63, 3.8) is 0 Å². The predicted octanol–water partition coefficient (Wildman–Crippen LogP) is 2.26. The number of piperidine rings is 2. The molecule has 18 heavy (non-hydrogen) atoms. The number of nitrogens with one attached hydrogen (secondary N) is 1. The summed E-state index contributed by atoms with van der Waals surface area (Å²) < 4.78 is 5.27. The highest BCUT2D eigenvalue weighted by Gasteiger charge is 2.48. The molecular formula is C15H30N2O. The average molecular weight is 254 g/mol. The zero-order valence-corrected chi connectivity index (χ0v) is 12.8. The molecule has 0 aromatic carbocycles. The monoisotopic (exact) mass is 254 g/mol. The summed E-state index contributed by atoms with van der Waals surface area (Å²) in [5, 5.41) is 3.85. The summed E-state index contributed by atoms with van der Waals surface area (Å²) in [6.45, 7) is 12.6. The summed E-state index contributed by atoms with van der Waals surface area (Å²) in [4.78, 5) is 2.67. The van der Waals surface area contributed by atoms with Crippen LogP contribution in [0.25, 0.3) is 0 Å². The highest BCUT2D eigenvalue weighted by molar-refractivity contribution is 5.06. The van der Waals surface area contributed by atoms with Crippen LogP contribution < -0.4 is 5.32 Å². The maximum Gasteiger partial charge on any atom is 0.0589 e. The van der Waals surface area contributed by atoms with Gasteiger partial charge in [-0.15, -0.1) is 0 Å². The van der Waals surface area contributed by atoms with Crippen molar-refractivity contribution in [2.75, 3.05) is 26.8 Å². The van der Waals surface area contributed by atoms with Crippen molar-refractivity contribution in [1.82, 2.24) is 10.2 Å². The molecule has 2 unspecified atom stereocenters. The fourth-order valence-electron chi connectivity index (χ4n) is 4.27. The zero-order valence-electron chi connectivity index (χ0n) is 12.8. The van der Waals surface area contributed by atoms with Crippen LogP contribution in [0.2, 0.25) is 0 Å². The molecule has 3 heteroatoms. The molecule has 3 nitrogen and oxygen atoms in total. The molecule has 1 N–H and O–H groups in total. The molecule has 2 aliphatic rings. The minimum absolute atomic E-state index is 0.243. The molecule has 0 aliphatic carbocycles. The van der Waals surface area contributed by atoms with E-state index in [1.54, 1.807) is 7.11 Å². The van der Waals surface area contributed by atoms with Crippen molar-refractivity contribution in [2.24, 2.45) is 5.92 Å². The number of hydrogen-bond acceptors (Lipinski definition) is 3. The predicted molar refractivity (Wildman–Crippen MR) is 75.9 cm³/mol. The molecule has 2 rings (SSSR count). The van der Waals surface area contributed by atoms with Gasteiger partial charge >= 0.3 is 0 Å². The molecule has 2 fully saturated rings. The second-order valence-electron chi connectivity index (χ2n) is 7.28. The number of nitrogens with zero attached hydrogens (tertiary/aromatic N) is 1. The normalized spacial score (nSPS) is 35.2. The minimum atomic E-state index is 0.243. The molecule has 0 radical (unpaired) electrons. The first-order valence-corrected chi connectivity index (χ1v) is 7.38. The van der Waals surface area contributed by atoms with E-state index in [-0.39, 0.29) is 11.1 Å². The fourth-order valence-corrected chi connectivity index (χ4v) is 4.27. The molecular weight excluding hydrogens is 224 g/mol. The maximum absolute atomic E-state index is 5.27. The number of fused-ring (bicyclic) bond motifs is 1. The first-order valence-electron chi connectivity index (χ1n) is 7.38. The molecule has 2 aliphatic heterocycles. The Hall–Kier alpha value is -0.120. The summed E-state index contributed by atoms with van der Waals surface area (Å²) in [5.74, 6) is 0.774. The van der Waals surface area contributed by atoms with Gasteiger partial charge in [-0.2, -0.15) is 0 Å². The molecule has 0 aromatic heterocycles. The fraction of sp³-hybridized carbons (Fsp3) is 1.00. The van der Waals surface area contributed by atoms with Crippen molar-refractivity contribution < 1.29 is 4.74 Å². The largest absolute Gasteiger partial charge is 0.383 e. The highest BCUT2D eigenvalue weighted by Crippen LogP contribution is 2.41. The van der Waals surface area contributed by atoms with Gasteiger partial charge in [0.2, 0.25) is 0 Å². The molecule has 0 aromatic rings. The number of hydrogen-bond donors (Lipinski definition) is 1. The van der Waals surface area contributed by atoms with E-state index < -0.39 is 0 Å². The molecule has 0 amide bonds. The lowest BCUT2D eigenvalue weighted by Crippen LogP contribution is -2.69. The Morgan fingerprint density at radius 1 is 1.28 bits per heavy atom. The van der Waals surface area contributed by atoms with Crippen LogP contribution in [0.15, 0.2) is 0 Å². The third-order valence-corrected chi connectivity index (χ3v) is 4.78. The van der Waals surface area contributed by atoms with Crippen LogP contribution in [-0.2, 0) is 4.74 Å². The summed E-state index contributed by atoms with van der Waals surface area (Å²) in [6, 6.07) is 0.722. The van der Waals surface area contributed by atoms with E-state index in [4.69, 9.17) is 4.74 Å². The lowest BCUT2D eigenvalue weighted by atomic mass is 9.67. The van der Waals surface area contributed by atoms with Crippen LogP contribution in [0.1, 0.15) is 47.0 Å². The van der Waals surface area contributed by atoms with E-state index >= 15 is 0 Å². The molecule has 0 bridgehead atoms.